The molecule has 1 saturated heterocycles. The molecule has 1 amide bonds. The summed E-state index contributed by atoms with van der Waals surface area (Å²) in [6.45, 7) is 1.19. The Morgan fingerprint density at radius 3 is 2.74 bits per heavy atom. The number of amides is 1. The Morgan fingerprint density at radius 2 is 2.11 bits per heavy atom. The van der Waals surface area contributed by atoms with E-state index in [0.29, 0.717) is 23.0 Å². The van der Waals surface area contributed by atoms with Gasteiger partial charge in [0.15, 0.2) is 0 Å². The number of hydrogen-bond acceptors (Lipinski definition) is 2. The SMILES string of the molecule is Cl.NCCC(=O)N1CCCC1c1ccc(Cl)c(Cl)c1. The Balaban J connectivity index is 0.00000180. The van der Waals surface area contributed by atoms with Crippen molar-refractivity contribution in [2.24, 2.45) is 5.73 Å². The second-order valence-electron chi connectivity index (χ2n) is 4.46. The molecular formula is C13H17Cl3N2O. The number of carbonyl (C=O) groups excluding carboxylic acids is 1. The smallest absolute Gasteiger partial charge is 0.224 e. The summed E-state index contributed by atoms with van der Waals surface area (Å²) >= 11 is 11.9. The van der Waals surface area contributed by atoms with E-state index in [4.69, 9.17) is 28.9 Å². The third kappa shape index (κ3) is 3.76. The highest BCUT2D eigenvalue weighted by atomic mass is 35.5. The van der Waals surface area contributed by atoms with Crippen molar-refractivity contribution in [1.82, 2.24) is 4.90 Å². The van der Waals surface area contributed by atoms with Crippen LogP contribution in [0.5, 0.6) is 0 Å². The maximum atomic E-state index is 12.0. The lowest BCUT2D eigenvalue weighted by molar-refractivity contribution is -0.131. The van der Waals surface area contributed by atoms with Crippen molar-refractivity contribution >= 4 is 41.5 Å². The van der Waals surface area contributed by atoms with Crippen molar-refractivity contribution in [2.45, 2.75) is 25.3 Å². The molecule has 3 nitrogen and oxygen atoms in total. The zero-order chi connectivity index (χ0) is 13.1. The molecule has 106 valence electrons. The second-order valence-corrected chi connectivity index (χ2v) is 5.27. The van der Waals surface area contributed by atoms with Crippen LogP contribution >= 0.6 is 35.6 Å². The van der Waals surface area contributed by atoms with E-state index < -0.39 is 0 Å². The van der Waals surface area contributed by atoms with Gasteiger partial charge in [-0.1, -0.05) is 29.3 Å². The molecule has 1 atom stereocenters. The fourth-order valence-corrected chi connectivity index (χ4v) is 2.71. The number of benzene rings is 1. The molecule has 0 bridgehead atoms. The van der Waals surface area contributed by atoms with Crippen molar-refractivity contribution in [1.29, 1.82) is 0 Å². The van der Waals surface area contributed by atoms with E-state index in [1.165, 1.54) is 0 Å². The minimum atomic E-state index is 0. The van der Waals surface area contributed by atoms with Crippen LogP contribution < -0.4 is 5.73 Å². The lowest BCUT2D eigenvalue weighted by atomic mass is 10.0. The molecule has 1 aliphatic rings. The highest BCUT2D eigenvalue weighted by molar-refractivity contribution is 6.42. The largest absolute Gasteiger partial charge is 0.336 e. The molecule has 19 heavy (non-hydrogen) atoms. The molecule has 1 fully saturated rings. The minimum absolute atomic E-state index is 0. The Hall–Kier alpha value is -0.480. The third-order valence-electron chi connectivity index (χ3n) is 3.26. The summed E-state index contributed by atoms with van der Waals surface area (Å²) in [5.41, 5.74) is 6.49. The molecule has 0 radical (unpaired) electrons. The van der Waals surface area contributed by atoms with Crippen LogP contribution in [0.15, 0.2) is 18.2 Å². The summed E-state index contributed by atoms with van der Waals surface area (Å²) in [7, 11) is 0. The lowest BCUT2D eigenvalue weighted by Gasteiger charge is -2.25. The number of nitrogens with zero attached hydrogens (tertiary/aromatic N) is 1. The maximum Gasteiger partial charge on any atom is 0.224 e. The van der Waals surface area contributed by atoms with Crippen LogP contribution in [0.2, 0.25) is 10.0 Å². The number of nitrogens with two attached hydrogens (primary N) is 1. The molecule has 1 aliphatic heterocycles. The average Bonchev–Trinajstić information content (AvgIpc) is 2.82. The zero-order valence-corrected chi connectivity index (χ0v) is 12.8. The topological polar surface area (TPSA) is 46.3 Å². The monoisotopic (exact) mass is 322 g/mol. The van der Waals surface area contributed by atoms with Crippen molar-refractivity contribution in [2.75, 3.05) is 13.1 Å². The maximum absolute atomic E-state index is 12.0. The summed E-state index contributed by atoms with van der Waals surface area (Å²) in [6, 6.07) is 5.68. The van der Waals surface area contributed by atoms with E-state index in [1.54, 1.807) is 6.07 Å². The Bertz CT molecular complexity index is 454. The number of carbonyl (C=O) groups is 1. The minimum Gasteiger partial charge on any atom is -0.336 e. The fraction of sp³-hybridized carbons (Fsp3) is 0.462. The number of likely N-dealkylation sites (tertiary alicyclic amines) is 1. The number of hydrogen-bond donors (Lipinski definition) is 1. The highest BCUT2D eigenvalue weighted by Gasteiger charge is 2.29. The fourth-order valence-electron chi connectivity index (χ4n) is 2.40. The normalized spacial score (nSPS) is 18.3. The van der Waals surface area contributed by atoms with Crippen molar-refractivity contribution < 1.29 is 4.79 Å². The number of halogens is 3. The van der Waals surface area contributed by atoms with Gasteiger partial charge in [-0.2, -0.15) is 0 Å². The molecule has 1 aromatic rings. The Kier molecular flexibility index (Phi) is 6.40. The summed E-state index contributed by atoms with van der Waals surface area (Å²) in [5, 5.41) is 1.07. The van der Waals surface area contributed by atoms with Gasteiger partial charge in [0.25, 0.3) is 0 Å². The molecular weight excluding hydrogens is 307 g/mol. The zero-order valence-electron chi connectivity index (χ0n) is 10.4. The lowest BCUT2D eigenvalue weighted by Crippen LogP contribution is -2.31. The summed E-state index contributed by atoms with van der Waals surface area (Å²) in [5.74, 6) is 0.117. The summed E-state index contributed by atoms with van der Waals surface area (Å²) < 4.78 is 0. The van der Waals surface area contributed by atoms with Gasteiger partial charge in [-0.25, -0.2) is 0 Å². The van der Waals surface area contributed by atoms with E-state index in [1.807, 2.05) is 17.0 Å². The van der Waals surface area contributed by atoms with Gasteiger partial charge in [-0.3, -0.25) is 4.79 Å². The van der Waals surface area contributed by atoms with Gasteiger partial charge in [-0.15, -0.1) is 12.4 Å². The van der Waals surface area contributed by atoms with Crippen LogP contribution in [-0.4, -0.2) is 23.9 Å². The molecule has 2 N–H and O–H groups in total. The first-order valence-corrected chi connectivity index (χ1v) is 6.83. The van der Waals surface area contributed by atoms with E-state index in [-0.39, 0.29) is 24.4 Å². The van der Waals surface area contributed by atoms with Crippen LogP contribution in [-0.2, 0) is 4.79 Å². The second kappa shape index (κ2) is 7.34. The van der Waals surface area contributed by atoms with Crippen LogP contribution in [0.25, 0.3) is 0 Å². The predicted molar refractivity (Wildman–Crippen MR) is 81.1 cm³/mol. The van der Waals surface area contributed by atoms with Gasteiger partial charge >= 0.3 is 0 Å². The van der Waals surface area contributed by atoms with Gasteiger partial charge < -0.3 is 10.6 Å². The molecule has 0 aromatic heterocycles. The molecule has 0 aliphatic carbocycles. The van der Waals surface area contributed by atoms with E-state index >= 15 is 0 Å². The highest BCUT2D eigenvalue weighted by Crippen LogP contribution is 2.35. The summed E-state index contributed by atoms with van der Waals surface area (Å²) in [6.07, 6.45) is 2.38. The van der Waals surface area contributed by atoms with Crippen molar-refractivity contribution in [3.63, 3.8) is 0 Å². The van der Waals surface area contributed by atoms with Crippen molar-refractivity contribution in [3.05, 3.63) is 33.8 Å². The van der Waals surface area contributed by atoms with E-state index in [0.717, 1.165) is 24.9 Å². The van der Waals surface area contributed by atoms with Gasteiger partial charge in [0.05, 0.1) is 16.1 Å². The first-order chi connectivity index (χ1) is 8.63. The van der Waals surface area contributed by atoms with E-state index in [2.05, 4.69) is 0 Å². The van der Waals surface area contributed by atoms with Crippen LogP contribution in [0, 0.1) is 0 Å². The van der Waals surface area contributed by atoms with Gasteiger partial charge in [-0.05, 0) is 30.5 Å². The molecule has 2 rings (SSSR count). The summed E-state index contributed by atoms with van der Waals surface area (Å²) in [4.78, 5) is 13.9. The molecule has 1 unspecified atom stereocenters. The predicted octanol–water partition coefficient (Wildman–Crippen LogP) is 3.43. The number of rotatable bonds is 3. The van der Waals surface area contributed by atoms with Gasteiger partial charge in [0.2, 0.25) is 5.91 Å². The molecule has 0 spiro atoms. The quantitative estimate of drug-likeness (QED) is 0.926. The Morgan fingerprint density at radius 1 is 1.37 bits per heavy atom. The molecule has 0 saturated carbocycles. The van der Waals surface area contributed by atoms with Crippen molar-refractivity contribution in [3.8, 4) is 0 Å². The van der Waals surface area contributed by atoms with Crippen LogP contribution in [0.1, 0.15) is 30.9 Å². The standard InChI is InChI=1S/C13H16Cl2N2O.ClH/c14-10-4-3-9(8-11(10)15)12-2-1-7-17(12)13(18)5-6-16;/h3-4,8,12H,1-2,5-7,16H2;1H. The first kappa shape index (κ1) is 16.6. The van der Waals surface area contributed by atoms with Crippen LogP contribution in [0.4, 0.5) is 0 Å². The average molecular weight is 324 g/mol. The first-order valence-electron chi connectivity index (χ1n) is 6.08. The van der Waals surface area contributed by atoms with Gasteiger partial charge in [0.1, 0.15) is 0 Å². The van der Waals surface area contributed by atoms with E-state index in [9.17, 15) is 4.79 Å². The third-order valence-corrected chi connectivity index (χ3v) is 4.00. The van der Waals surface area contributed by atoms with Crippen LogP contribution in [0.3, 0.4) is 0 Å². The van der Waals surface area contributed by atoms with Gasteiger partial charge in [0, 0.05) is 19.5 Å². The molecule has 1 aromatic carbocycles. The molecule has 6 heteroatoms. The Labute approximate surface area is 129 Å². The molecule has 1 heterocycles.